The fraction of sp³-hybridized carbons (Fsp3) is 0.154. The van der Waals surface area contributed by atoms with Crippen molar-refractivity contribution in [2.75, 3.05) is 13.2 Å². The maximum atomic E-state index is 12.7. The lowest BCUT2D eigenvalue weighted by Crippen LogP contribution is -2.12. The highest BCUT2D eigenvalue weighted by atomic mass is 79.9. The van der Waals surface area contributed by atoms with Gasteiger partial charge in [-0.15, -0.1) is 0 Å². The second-order valence-electron chi connectivity index (χ2n) is 6.95. The van der Waals surface area contributed by atoms with Crippen molar-refractivity contribution in [2.24, 2.45) is 11.5 Å². The fourth-order valence-electron chi connectivity index (χ4n) is 2.71. The Balaban J connectivity index is 2.49. The first-order chi connectivity index (χ1) is 18.3. The summed E-state index contributed by atoms with van der Waals surface area (Å²) in [5.74, 6) is -1.40. The molecule has 12 heteroatoms. The number of thioether (sulfide) groups is 1. The summed E-state index contributed by atoms with van der Waals surface area (Å²) in [7, 11) is 1.73. The Morgan fingerprint density at radius 2 is 1.29 bits per heavy atom. The van der Waals surface area contributed by atoms with Crippen LogP contribution in [0.5, 0.6) is 0 Å². The molecule has 0 saturated carbocycles. The second kappa shape index (κ2) is 15.8. The molecular weight excluding hydrogens is 608 g/mol. The van der Waals surface area contributed by atoms with E-state index >= 15 is 0 Å². The van der Waals surface area contributed by atoms with Crippen LogP contribution in [0, 0.1) is 22.7 Å². The van der Waals surface area contributed by atoms with Gasteiger partial charge in [0.2, 0.25) is 0 Å². The van der Waals surface area contributed by atoms with Crippen molar-refractivity contribution in [3.05, 3.63) is 89.8 Å². The van der Waals surface area contributed by atoms with Crippen molar-refractivity contribution < 1.29 is 19.1 Å². The number of halogens is 1. The number of hydrogen-bond donors (Lipinski definition) is 2. The van der Waals surface area contributed by atoms with Crippen LogP contribution in [-0.2, 0) is 19.1 Å². The number of carbonyl (C=O) groups is 2. The van der Waals surface area contributed by atoms with E-state index in [4.69, 9.17) is 20.9 Å². The highest BCUT2D eigenvalue weighted by Crippen LogP contribution is 2.43. The third-order valence-electron chi connectivity index (χ3n) is 4.47. The topological polar surface area (TPSA) is 152 Å². The molecule has 0 heterocycles. The minimum atomic E-state index is -0.729. The SMILES string of the molecule is CCOC(=O)/C(SS/C(C#N)=C(/C#N)S/C(C(=O)OCC)=C(/N)c1ccccc1)=C(\N)c1ccc(Br)cc1. The highest BCUT2D eigenvalue weighted by Gasteiger charge is 2.24. The summed E-state index contributed by atoms with van der Waals surface area (Å²) >= 11 is 4.08. The molecule has 0 aliphatic carbocycles. The molecule has 0 unspecified atom stereocenters. The molecule has 2 aromatic carbocycles. The van der Waals surface area contributed by atoms with Gasteiger partial charge in [-0.2, -0.15) is 10.5 Å². The minimum Gasteiger partial charge on any atom is -0.462 e. The summed E-state index contributed by atoms with van der Waals surface area (Å²) in [4.78, 5) is 25.3. The Kier molecular flexibility index (Phi) is 12.9. The smallest absolute Gasteiger partial charge is 0.347 e. The minimum absolute atomic E-state index is 0.0384. The normalized spacial score (nSPS) is 12.7. The van der Waals surface area contributed by atoms with E-state index in [1.54, 1.807) is 68.4 Å². The monoisotopic (exact) mass is 630 g/mol. The van der Waals surface area contributed by atoms with E-state index in [1.165, 1.54) is 0 Å². The van der Waals surface area contributed by atoms with Crippen molar-refractivity contribution in [1.82, 2.24) is 0 Å². The lowest BCUT2D eigenvalue weighted by atomic mass is 10.1. The number of nitriles is 2. The number of allylic oxidation sites excluding steroid dienone is 2. The number of benzene rings is 2. The number of esters is 2. The van der Waals surface area contributed by atoms with E-state index in [-0.39, 0.29) is 44.2 Å². The van der Waals surface area contributed by atoms with Crippen LogP contribution in [0.4, 0.5) is 0 Å². The molecule has 0 aliphatic rings. The number of carbonyl (C=O) groups excluding carboxylic acids is 2. The summed E-state index contributed by atoms with van der Waals surface area (Å²) in [6.07, 6.45) is 0. The van der Waals surface area contributed by atoms with E-state index in [0.29, 0.717) is 11.1 Å². The number of hydrogen-bond acceptors (Lipinski definition) is 11. The molecular formula is C26H23BrN4O4S3. The van der Waals surface area contributed by atoms with Gasteiger partial charge in [0.05, 0.1) is 24.6 Å². The van der Waals surface area contributed by atoms with Crippen LogP contribution in [0.25, 0.3) is 11.4 Å². The molecule has 2 aromatic rings. The molecule has 196 valence electrons. The molecule has 0 bridgehead atoms. The molecule has 0 radical (unpaired) electrons. The number of ether oxygens (including phenoxy) is 2. The van der Waals surface area contributed by atoms with E-state index < -0.39 is 11.9 Å². The van der Waals surface area contributed by atoms with E-state index in [9.17, 15) is 20.1 Å². The summed E-state index contributed by atoms with van der Waals surface area (Å²) in [6, 6.07) is 19.6. The maximum absolute atomic E-state index is 12.7. The standard InChI is InChI=1S/C26H23BrN4O4S3/c1-3-34-25(32)23(21(30)16-8-6-5-7-9-16)36-19(14-28)20(15-29)37-38-24(26(33)35-4-2)22(31)17-10-12-18(27)13-11-17/h5-13H,3-4,30-31H2,1-2H3/b20-19-,23-21+,24-22+. The first-order valence-electron chi connectivity index (χ1n) is 11.0. The molecule has 38 heavy (non-hydrogen) atoms. The number of nitrogens with zero attached hydrogens (tertiary/aromatic N) is 2. The van der Waals surface area contributed by atoms with Gasteiger partial charge < -0.3 is 20.9 Å². The van der Waals surface area contributed by atoms with Crippen LogP contribution in [0.3, 0.4) is 0 Å². The van der Waals surface area contributed by atoms with E-state index in [0.717, 1.165) is 37.8 Å². The third kappa shape index (κ3) is 8.64. The zero-order valence-corrected chi connectivity index (χ0v) is 24.4. The molecule has 0 amide bonds. The van der Waals surface area contributed by atoms with Crippen molar-refractivity contribution in [2.45, 2.75) is 13.8 Å². The number of rotatable bonds is 11. The number of nitrogens with two attached hydrogens (primary N) is 2. The van der Waals surface area contributed by atoms with E-state index in [2.05, 4.69) is 15.9 Å². The zero-order chi connectivity index (χ0) is 28.1. The average Bonchev–Trinajstić information content (AvgIpc) is 2.92. The molecule has 0 fully saturated rings. The molecule has 2 rings (SSSR count). The lowest BCUT2D eigenvalue weighted by Gasteiger charge is -2.12. The molecule has 0 spiro atoms. The van der Waals surface area contributed by atoms with Crippen LogP contribution in [-0.4, -0.2) is 25.2 Å². The largest absolute Gasteiger partial charge is 0.462 e. The zero-order valence-electron chi connectivity index (χ0n) is 20.4. The first-order valence-corrected chi connectivity index (χ1v) is 14.7. The van der Waals surface area contributed by atoms with Gasteiger partial charge in [-0.1, -0.05) is 70.2 Å². The second-order valence-corrected chi connectivity index (χ2v) is 11.0. The lowest BCUT2D eigenvalue weighted by molar-refractivity contribution is -0.138. The van der Waals surface area contributed by atoms with Gasteiger partial charge >= 0.3 is 11.9 Å². The van der Waals surface area contributed by atoms with Gasteiger partial charge in [-0.3, -0.25) is 0 Å². The third-order valence-corrected chi connectivity index (χ3v) is 8.57. The quantitative estimate of drug-likeness (QED) is 0.132. The Hall–Kier alpha value is -3.29. The average molecular weight is 632 g/mol. The van der Waals surface area contributed by atoms with Gasteiger partial charge in [0.1, 0.15) is 31.8 Å². The van der Waals surface area contributed by atoms with Gasteiger partial charge in [-0.25, -0.2) is 9.59 Å². The van der Waals surface area contributed by atoms with Crippen molar-refractivity contribution in [3.63, 3.8) is 0 Å². The Morgan fingerprint density at radius 3 is 1.82 bits per heavy atom. The van der Waals surface area contributed by atoms with Crippen LogP contribution >= 0.6 is 49.3 Å². The van der Waals surface area contributed by atoms with Gasteiger partial charge in [-0.05, 0) is 58.7 Å². The first kappa shape index (κ1) is 30.9. The van der Waals surface area contributed by atoms with Crippen molar-refractivity contribution in [1.29, 1.82) is 10.5 Å². The Labute approximate surface area is 241 Å². The molecule has 4 N–H and O–H groups in total. The Bertz CT molecular complexity index is 1350. The van der Waals surface area contributed by atoms with Gasteiger partial charge in [0, 0.05) is 4.47 Å². The summed E-state index contributed by atoms with van der Waals surface area (Å²) in [5, 5.41) is 19.7. The van der Waals surface area contributed by atoms with Crippen molar-refractivity contribution in [3.8, 4) is 12.1 Å². The Morgan fingerprint density at radius 1 is 0.789 bits per heavy atom. The van der Waals surface area contributed by atoms with Crippen LogP contribution < -0.4 is 11.5 Å². The van der Waals surface area contributed by atoms with Crippen LogP contribution in [0.1, 0.15) is 25.0 Å². The fourth-order valence-corrected chi connectivity index (χ4v) is 6.14. The van der Waals surface area contributed by atoms with Gasteiger partial charge in [0.25, 0.3) is 0 Å². The predicted molar refractivity (Wildman–Crippen MR) is 157 cm³/mol. The summed E-state index contributed by atoms with van der Waals surface area (Å²) in [5.41, 5.74) is 13.9. The molecule has 0 saturated heterocycles. The van der Waals surface area contributed by atoms with Gasteiger partial charge in [0.15, 0.2) is 0 Å². The molecule has 0 atom stereocenters. The summed E-state index contributed by atoms with van der Waals surface area (Å²) in [6.45, 7) is 3.52. The molecule has 0 aliphatic heterocycles. The van der Waals surface area contributed by atoms with E-state index in [1.807, 2.05) is 12.1 Å². The van der Waals surface area contributed by atoms with Crippen LogP contribution in [0.2, 0.25) is 0 Å². The summed E-state index contributed by atoms with van der Waals surface area (Å²) < 4.78 is 11.1. The molecule has 8 nitrogen and oxygen atoms in total. The van der Waals surface area contributed by atoms with Crippen LogP contribution in [0.15, 0.2) is 78.7 Å². The maximum Gasteiger partial charge on any atom is 0.347 e. The molecule has 0 aromatic heterocycles. The van der Waals surface area contributed by atoms with Crippen molar-refractivity contribution >= 4 is 72.6 Å². The highest BCUT2D eigenvalue weighted by molar-refractivity contribution is 9.10. The predicted octanol–water partition coefficient (Wildman–Crippen LogP) is 5.90.